The van der Waals surface area contributed by atoms with Gasteiger partial charge in [0.25, 0.3) is 0 Å². The summed E-state index contributed by atoms with van der Waals surface area (Å²) in [5.41, 5.74) is 1.17. The van der Waals surface area contributed by atoms with Crippen molar-refractivity contribution in [3.05, 3.63) is 24.0 Å². The van der Waals surface area contributed by atoms with Crippen molar-refractivity contribution >= 4 is 16.0 Å². The summed E-state index contributed by atoms with van der Waals surface area (Å²) in [6.07, 6.45) is 3.14. The third kappa shape index (κ3) is 5.62. The van der Waals surface area contributed by atoms with E-state index in [1.165, 1.54) is 5.69 Å². The van der Waals surface area contributed by atoms with Gasteiger partial charge in [0.05, 0.1) is 12.8 Å². The van der Waals surface area contributed by atoms with Crippen LogP contribution in [0.4, 0.5) is 0 Å². The highest BCUT2D eigenvalue weighted by molar-refractivity contribution is 7.88. The summed E-state index contributed by atoms with van der Waals surface area (Å²) >= 11 is 0. The van der Waals surface area contributed by atoms with E-state index in [9.17, 15) is 8.42 Å². The molecule has 1 aromatic rings. The standard InChI is InChI=1S/C12H23N5O2S/c1-13-12(14-7-8-15-20(4,18)19)17(3)10-11-6-5-9-16(11)2/h5-6,9,15H,7-8,10H2,1-4H3,(H,13,14). The van der Waals surface area contributed by atoms with Crippen LogP contribution in [0, 0.1) is 0 Å². The molecule has 0 amide bonds. The molecule has 8 heteroatoms. The second-order valence-corrected chi connectivity index (χ2v) is 6.44. The zero-order valence-electron chi connectivity index (χ0n) is 12.4. The van der Waals surface area contributed by atoms with Crippen molar-refractivity contribution in [1.82, 2.24) is 19.5 Å². The van der Waals surface area contributed by atoms with Gasteiger partial charge >= 0.3 is 0 Å². The molecule has 7 nitrogen and oxygen atoms in total. The number of aromatic nitrogens is 1. The van der Waals surface area contributed by atoms with E-state index in [-0.39, 0.29) is 0 Å². The number of nitrogens with zero attached hydrogens (tertiary/aromatic N) is 3. The molecule has 0 saturated carbocycles. The van der Waals surface area contributed by atoms with Crippen LogP contribution in [0.15, 0.2) is 23.3 Å². The summed E-state index contributed by atoms with van der Waals surface area (Å²) in [6.45, 7) is 1.54. The van der Waals surface area contributed by atoms with Crippen molar-refractivity contribution in [3.63, 3.8) is 0 Å². The maximum atomic E-state index is 10.9. The van der Waals surface area contributed by atoms with E-state index in [0.717, 1.165) is 18.8 Å². The van der Waals surface area contributed by atoms with Crippen LogP contribution in [0.3, 0.4) is 0 Å². The van der Waals surface area contributed by atoms with Gasteiger partial charge in [-0.05, 0) is 12.1 Å². The molecule has 0 saturated heterocycles. The quantitative estimate of drug-likeness (QED) is 0.425. The smallest absolute Gasteiger partial charge is 0.208 e. The monoisotopic (exact) mass is 301 g/mol. The van der Waals surface area contributed by atoms with E-state index >= 15 is 0 Å². The van der Waals surface area contributed by atoms with Crippen LogP contribution in [0.25, 0.3) is 0 Å². The van der Waals surface area contributed by atoms with Crippen LogP contribution in [-0.2, 0) is 23.6 Å². The minimum atomic E-state index is -3.14. The molecule has 2 N–H and O–H groups in total. The maximum Gasteiger partial charge on any atom is 0.208 e. The Kier molecular flexibility index (Phi) is 6.03. The minimum absolute atomic E-state index is 0.329. The highest BCUT2D eigenvalue weighted by Crippen LogP contribution is 2.03. The molecule has 20 heavy (non-hydrogen) atoms. The molecule has 0 fully saturated rings. The molecule has 0 aliphatic heterocycles. The van der Waals surface area contributed by atoms with Gasteiger partial charge in [0, 0.05) is 46.1 Å². The number of sulfonamides is 1. The summed E-state index contributed by atoms with van der Waals surface area (Å²) in [5.74, 6) is 0.724. The highest BCUT2D eigenvalue weighted by Gasteiger charge is 2.08. The lowest BCUT2D eigenvalue weighted by molar-refractivity contribution is 0.462. The van der Waals surface area contributed by atoms with E-state index in [4.69, 9.17) is 0 Å². The molecule has 0 spiro atoms. The first-order valence-electron chi connectivity index (χ1n) is 6.30. The minimum Gasteiger partial charge on any atom is -0.355 e. The van der Waals surface area contributed by atoms with Crippen molar-refractivity contribution in [2.24, 2.45) is 12.0 Å². The first kappa shape index (κ1) is 16.5. The second kappa shape index (κ2) is 7.30. The Bertz CT molecular complexity index is 550. The summed E-state index contributed by atoms with van der Waals surface area (Å²) < 4.78 is 26.4. The van der Waals surface area contributed by atoms with Crippen LogP contribution in [-0.4, -0.2) is 57.3 Å². The molecule has 0 aromatic carbocycles. The number of nitrogens with one attached hydrogen (secondary N) is 2. The Balaban J connectivity index is 2.44. The zero-order chi connectivity index (χ0) is 15.2. The van der Waals surface area contributed by atoms with Gasteiger partial charge in [-0.3, -0.25) is 4.99 Å². The lowest BCUT2D eigenvalue weighted by Crippen LogP contribution is -2.42. The molecule has 1 heterocycles. The molecular weight excluding hydrogens is 278 g/mol. The van der Waals surface area contributed by atoms with E-state index in [0.29, 0.717) is 13.1 Å². The van der Waals surface area contributed by atoms with Gasteiger partial charge in [-0.25, -0.2) is 13.1 Å². The van der Waals surface area contributed by atoms with Crippen molar-refractivity contribution in [2.75, 3.05) is 33.4 Å². The number of aliphatic imine (C=N–C) groups is 1. The van der Waals surface area contributed by atoms with Crippen molar-refractivity contribution in [2.45, 2.75) is 6.54 Å². The molecule has 0 aliphatic rings. The topological polar surface area (TPSA) is 78.7 Å². The van der Waals surface area contributed by atoms with Gasteiger partial charge in [0.1, 0.15) is 0 Å². The third-order valence-electron chi connectivity index (χ3n) is 2.80. The molecule has 1 rings (SSSR count). The van der Waals surface area contributed by atoms with Crippen LogP contribution in [0.1, 0.15) is 5.69 Å². The predicted molar refractivity (Wildman–Crippen MR) is 81.1 cm³/mol. The lowest BCUT2D eigenvalue weighted by Gasteiger charge is -2.22. The fourth-order valence-electron chi connectivity index (χ4n) is 1.77. The molecule has 0 aliphatic carbocycles. The second-order valence-electron chi connectivity index (χ2n) is 4.61. The SMILES string of the molecule is CN=C(NCCNS(C)(=O)=O)N(C)Cc1cccn1C. The predicted octanol–water partition coefficient (Wildman–Crippen LogP) is -0.418. The first-order chi connectivity index (χ1) is 9.33. The number of hydrogen-bond acceptors (Lipinski definition) is 3. The zero-order valence-corrected chi connectivity index (χ0v) is 13.2. The Morgan fingerprint density at radius 1 is 1.45 bits per heavy atom. The van der Waals surface area contributed by atoms with Gasteiger partial charge in [-0.15, -0.1) is 0 Å². The molecule has 1 aromatic heterocycles. The van der Waals surface area contributed by atoms with Gasteiger partial charge < -0.3 is 14.8 Å². The Morgan fingerprint density at radius 2 is 2.15 bits per heavy atom. The number of aryl methyl sites for hydroxylation is 1. The number of hydrogen-bond donors (Lipinski definition) is 2. The average molecular weight is 301 g/mol. The lowest BCUT2D eigenvalue weighted by atomic mass is 10.4. The summed E-state index contributed by atoms with van der Waals surface area (Å²) in [6, 6.07) is 4.05. The third-order valence-corrected chi connectivity index (χ3v) is 3.52. The number of guanidine groups is 1. The maximum absolute atomic E-state index is 10.9. The van der Waals surface area contributed by atoms with E-state index in [1.807, 2.05) is 31.3 Å². The Morgan fingerprint density at radius 3 is 2.65 bits per heavy atom. The number of rotatable bonds is 6. The summed E-state index contributed by atoms with van der Waals surface area (Å²) in [7, 11) is 2.49. The molecular formula is C12H23N5O2S. The summed E-state index contributed by atoms with van der Waals surface area (Å²) in [5, 5.41) is 3.11. The van der Waals surface area contributed by atoms with Gasteiger partial charge in [-0.1, -0.05) is 0 Å². The highest BCUT2D eigenvalue weighted by atomic mass is 32.2. The van der Waals surface area contributed by atoms with Crippen molar-refractivity contribution in [1.29, 1.82) is 0 Å². The fraction of sp³-hybridized carbons (Fsp3) is 0.583. The molecule has 0 unspecified atom stereocenters. The van der Waals surface area contributed by atoms with Gasteiger partial charge in [0.15, 0.2) is 5.96 Å². The van der Waals surface area contributed by atoms with E-state index < -0.39 is 10.0 Å². The average Bonchev–Trinajstić information content (AvgIpc) is 2.73. The van der Waals surface area contributed by atoms with Crippen LogP contribution < -0.4 is 10.0 Å². The molecule has 114 valence electrons. The molecule has 0 bridgehead atoms. The van der Waals surface area contributed by atoms with Gasteiger partial charge in [0.2, 0.25) is 10.0 Å². The normalized spacial score (nSPS) is 12.5. The summed E-state index contributed by atoms with van der Waals surface area (Å²) in [4.78, 5) is 6.16. The van der Waals surface area contributed by atoms with E-state index in [2.05, 4.69) is 25.7 Å². The van der Waals surface area contributed by atoms with E-state index in [1.54, 1.807) is 7.05 Å². The first-order valence-corrected chi connectivity index (χ1v) is 8.19. The van der Waals surface area contributed by atoms with Crippen molar-refractivity contribution in [3.8, 4) is 0 Å². The Hall–Kier alpha value is -1.54. The molecule has 0 atom stereocenters. The van der Waals surface area contributed by atoms with Crippen LogP contribution >= 0.6 is 0 Å². The van der Waals surface area contributed by atoms with Gasteiger partial charge in [-0.2, -0.15) is 0 Å². The van der Waals surface area contributed by atoms with Crippen molar-refractivity contribution < 1.29 is 8.42 Å². The molecule has 0 radical (unpaired) electrons. The largest absolute Gasteiger partial charge is 0.355 e. The van der Waals surface area contributed by atoms with Crippen LogP contribution in [0.2, 0.25) is 0 Å². The Labute approximate surface area is 120 Å². The van der Waals surface area contributed by atoms with Crippen LogP contribution in [0.5, 0.6) is 0 Å². The fourth-order valence-corrected chi connectivity index (χ4v) is 2.25.